The highest BCUT2D eigenvalue weighted by Crippen LogP contribution is 2.53. The molecule has 1 amide bonds. The van der Waals surface area contributed by atoms with Gasteiger partial charge in [-0.25, -0.2) is 5.43 Å². The summed E-state index contributed by atoms with van der Waals surface area (Å²) < 4.78 is 10.6. The number of methoxy groups -OCH3 is 2. The van der Waals surface area contributed by atoms with Crippen molar-refractivity contribution >= 4 is 11.6 Å². The molecule has 0 aliphatic heterocycles. The Morgan fingerprint density at radius 3 is 2.54 bits per heavy atom. The first-order chi connectivity index (χ1) is 12.5. The van der Waals surface area contributed by atoms with Gasteiger partial charge in [0.05, 0.1) is 25.8 Å². The molecule has 3 rings (SSSR count). The molecule has 1 aliphatic carbocycles. The smallest absolute Gasteiger partial charge is 0.244 e. The van der Waals surface area contributed by atoms with Gasteiger partial charge in [0.25, 0.3) is 0 Å². The third-order valence-corrected chi connectivity index (χ3v) is 5.12. The fraction of sp³-hybridized carbons (Fsp3) is 0.333. The Labute approximate surface area is 154 Å². The number of nitrogens with zero attached hydrogens (tertiary/aromatic N) is 1. The van der Waals surface area contributed by atoms with Crippen molar-refractivity contribution in [2.24, 2.45) is 11.0 Å². The quantitative estimate of drug-likeness (QED) is 0.639. The molecule has 1 fully saturated rings. The largest absolute Gasteiger partial charge is 0.497 e. The summed E-state index contributed by atoms with van der Waals surface area (Å²) in [6, 6.07) is 15.6. The van der Waals surface area contributed by atoms with Crippen LogP contribution in [0.5, 0.6) is 11.5 Å². The van der Waals surface area contributed by atoms with Gasteiger partial charge in [-0.2, -0.15) is 5.10 Å². The van der Waals surface area contributed by atoms with Crippen LogP contribution in [0.2, 0.25) is 0 Å². The zero-order valence-corrected chi connectivity index (χ0v) is 15.6. The molecule has 1 saturated carbocycles. The normalized spacial score (nSPS) is 21.8. The highest BCUT2D eigenvalue weighted by atomic mass is 16.5. The standard InChI is InChI=1S/C21H24N2O3/c1-14(17-11-10-16(25-3)12-19(17)26-4)22-23-20(24)18-13-21(18,2)15-8-6-5-7-9-15/h5-12,18H,13H2,1-4H3,(H,23,24)/t18-,21+/m1/s1. The maximum atomic E-state index is 12.5. The Kier molecular flexibility index (Phi) is 4.98. The van der Waals surface area contributed by atoms with Crippen LogP contribution < -0.4 is 14.9 Å². The number of ether oxygens (including phenoxy) is 2. The van der Waals surface area contributed by atoms with E-state index in [1.165, 1.54) is 5.56 Å². The summed E-state index contributed by atoms with van der Waals surface area (Å²) in [5.74, 6) is 1.25. The Morgan fingerprint density at radius 2 is 1.88 bits per heavy atom. The van der Waals surface area contributed by atoms with Crippen molar-refractivity contribution in [2.75, 3.05) is 14.2 Å². The predicted molar refractivity (Wildman–Crippen MR) is 102 cm³/mol. The molecule has 2 aromatic rings. The Hall–Kier alpha value is -2.82. The lowest BCUT2D eigenvalue weighted by atomic mass is 9.95. The Balaban J connectivity index is 1.70. The van der Waals surface area contributed by atoms with Crippen LogP contribution in [-0.2, 0) is 10.2 Å². The minimum absolute atomic E-state index is 0.0526. The van der Waals surface area contributed by atoms with Crippen LogP contribution in [0.1, 0.15) is 31.4 Å². The van der Waals surface area contributed by atoms with E-state index in [1.807, 2.05) is 37.3 Å². The number of nitrogens with one attached hydrogen (secondary N) is 1. The van der Waals surface area contributed by atoms with E-state index in [9.17, 15) is 4.79 Å². The second-order valence-corrected chi connectivity index (χ2v) is 6.78. The van der Waals surface area contributed by atoms with Crippen molar-refractivity contribution in [3.63, 3.8) is 0 Å². The molecule has 26 heavy (non-hydrogen) atoms. The Morgan fingerprint density at radius 1 is 1.15 bits per heavy atom. The van der Waals surface area contributed by atoms with E-state index in [4.69, 9.17) is 9.47 Å². The molecule has 0 unspecified atom stereocenters. The van der Waals surface area contributed by atoms with Gasteiger partial charge in [0.15, 0.2) is 0 Å². The fourth-order valence-electron chi connectivity index (χ4n) is 3.26. The first-order valence-electron chi connectivity index (χ1n) is 8.61. The highest BCUT2D eigenvalue weighted by molar-refractivity contribution is 6.02. The average molecular weight is 352 g/mol. The molecular formula is C21H24N2O3. The third kappa shape index (κ3) is 3.43. The van der Waals surface area contributed by atoms with Crippen LogP contribution in [0.25, 0.3) is 0 Å². The van der Waals surface area contributed by atoms with E-state index in [-0.39, 0.29) is 17.2 Å². The van der Waals surface area contributed by atoms with Gasteiger partial charge in [-0.15, -0.1) is 0 Å². The van der Waals surface area contributed by atoms with E-state index in [0.29, 0.717) is 17.2 Å². The molecule has 2 aromatic carbocycles. The lowest BCUT2D eigenvalue weighted by Gasteiger charge is -2.12. The third-order valence-electron chi connectivity index (χ3n) is 5.12. The first kappa shape index (κ1) is 18.0. The van der Waals surface area contributed by atoms with E-state index >= 15 is 0 Å². The second kappa shape index (κ2) is 7.20. The molecule has 0 spiro atoms. The van der Waals surface area contributed by atoms with Gasteiger partial charge in [0.2, 0.25) is 5.91 Å². The van der Waals surface area contributed by atoms with Crippen LogP contribution >= 0.6 is 0 Å². The minimum Gasteiger partial charge on any atom is -0.497 e. The number of hydrogen-bond acceptors (Lipinski definition) is 4. The summed E-state index contributed by atoms with van der Waals surface area (Å²) in [5, 5.41) is 4.28. The van der Waals surface area contributed by atoms with Crippen molar-refractivity contribution < 1.29 is 14.3 Å². The van der Waals surface area contributed by atoms with E-state index in [1.54, 1.807) is 20.3 Å². The summed E-state index contributed by atoms with van der Waals surface area (Å²) in [4.78, 5) is 12.5. The molecule has 5 nitrogen and oxygen atoms in total. The monoisotopic (exact) mass is 352 g/mol. The summed E-state index contributed by atoms with van der Waals surface area (Å²) in [7, 11) is 3.20. The number of amides is 1. The van der Waals surface area contributed by atoms with Gasteiger partial charge in [0.1, 0.15) is 11.5 Å². The minimum atomic E-state index is -0.105. The number of benzene rings is 2. The summed E-state index contributed by atoms with van der Waals surface area (Å²) in [6.45, 7) is 3.96. The van der Waals surface area contributed by atoms with Crippen LogP contribution in [-0.4, -0.2) is 25.8 Å². The van der Waals surface area contributed by atoms with Crippen LogP contribution in [0.15, 0.2) is 53.6 Å². The second-order valence-electron chi connectivity index (χ2n) is 6.78. The maximum Gasteiger partial charge on any atom is 0.244 e. The number of hydrazone groups is 1. The summed E-state index contributed by atoms with van der Waals surface area (Å²) in [6.07, 6.45) is 0.837. The van der Waals surface area contributed by atoms with Crippen LogP contribution in [0.4, 0.5) is 0 Å². The van der Waals surface area contributed by atoms with Crippen molar-refractivity contribution in [2.45, 2.75) is 25.7 Å². The molecule has 0 aromatic heterocycles. The van der Waals surface area contributed by atoms with Gasteiger partial charge in [-0.3, -0.25) is 4.79 Å². The molecule has 2 atom stereocenters. The molecule has 5 heteroatoms. The zero-order valence-electron chi connectivity index (χ0n) is 15.6. The number of carbonyl (C=O) groups is 1. The molecule has 1 aliphatic rings. The fourth-order valence-corrected chi connectivity index (χ4v) is 3.26. The topological polar surface area (TPSA) is 59.9 Å². The average Bonchev–Trinajstić information content (AvgIpc) is 3.39. The number of hydrogen-bond donors (Lipinski definition) is 1. The van der Waals surface area contributed by atoms with Gasteiger partial charge in [0, 0.05) is 17.0 Å². The van der Waals surface area contributed by atoms with Gasteiger partial charge < -0.3 is 9.47 Å². The highest BCUT2D eigenvalue weighted by Gasteiger charge is 2.55. The molecule has 136 valence electrons. The van der Waals surface area contributed by atoms with Gasteiger partial charge in [-0.1, -0.05) is 37.3 Å². The van der Waals surface area contributed by atoms with Crippen LogP contribution in [0, 0.1) is 5.92 Å². The predicted octanol–water partition coefficient (Wildman–Crippen LogP) is 3.52. The molecule has 0 saturated heterocycles. The lowest BCUT2D eigenvalue weighted by molar-refractivity contribution is -0.122. The van der Waals surface area contributed by atoms with Crippen molar-refractivity contribution in [1.29, 1.82) is 0 Å². The molecular weight excluding hydrogens is 328 g/mol. The lowest BCUT2D eigenvalue weighted by Crippen LogP contribution is -2.24. The number of carbonyl (C=O) groups excluding carboxylic acids is 1. The molecule has 0 bridgehead atoms. The zero-order chi connectivity index (χ0) is 18.7. The van der Waals surface area contributed by atoms with Crippen molar-refractivity contribution in [3.8, 4) is 11.5 Å². The SMILES string of the molecule is COc1ccc(C(C)=NNC(=O)[C@H]2C[C@@]2(C)c2ccccc2)c(OC)c1. The van der Waals surface area contributed by atoms with E-state index < -0.39 is 0 Å². The molecule has 0 heterocycles. The van der Waals surface area contributed by atoms with E-state index in [2.05, 4.69) is 29.6 Å². The molecule has 1 N–H and O–H groups in total. The van der Waals surface area contributed by atoms with Crippen molar-refractivity contribution in [3.05, 3.63) is 59.7 Å². The van der Waals surface area contributed by atoms with Crippen LogP contribution in [0.3, 0.4) is 0 Å². The molecule has 0 radical (unpaired) electrons. The summed E-state index contributed by atoms with van der Waals surface area (Å²) in [5.41, 5.74) is 5.29. The Bertz CT molecular complexity index is 832. The van der Waals surface area contributed by atoms with Crippen molar-refractivity contribution in [1.82, 2.24) is 5.43 Å². The first-order valence-corrected chi connectivity index (χ1v) is 8.61. The summed E-state index contributed by atoms with van der Waals surface area (Å²) >= 11 is 0. The maximum absolute atomic E-state index is 12.5. The number of rotatable bonds is 6. The van der Waals surface area contributed by atoms with Gasteiger partial charge >= 0.3 is 0 Å². The van der Waals surface area contributed by atoms with Gasteiger partial charge in [-0.05, 0) is 31.0 Å². The van der Waals surface area contributed by atoms with E-state index in [0.717, 1.165) is 12.0 Å².